The molecule has 0 aliphatic rings. The highest BCUT2D eigenvalue weighted by Gasteiger charge is 2.07. The zero-order valence-electron chi connectivity index (χ0n) is 12.5. The molecule has 22 heavy (non-hydrogen) atoms. The van der Waals surface area contributed by atoms with Crippen LogP contribution in [0.5, 0.6) is 5.75 Å². The van der Waals surface area contributed by atoms with Crippen LogP contribution in [0.1, 0.15) is 16.7 Å². The minimum Gasteiger partial charge on any atom is -0.507 e. The van der Waals surface area contributed by atoms with Crippen LogP contribution in [-0.4, -0.2) is 23.8 Å². The molecule has 1 amide bonds. The fourth-order valence-electron chi connectivity index (χ4n) is 1.97. The Balaban J connectivity index is 1.87. The van der Waals surface area contributed by atoms with Crippen molar-refractivity contribution in [3.05, 3.63) is 59.2 Å². The molecule has 0 aliphatic carbocycles. The van der Waals surface area contributed by atoms with E-state index in [1.54, 1.807) is 24.3 Å². The number of nitrogens with one attached hydrogen (secondary N) is 1. The predicted molar refractivity (Wildman–Crippen MR) is 86.2 cm³/mol. The molecule has 2 rings (SSSR count). The average Bonchev–Trinajstić information content (AvgIpc) is 2.49. The van der Waals surface area contributed by atoms with Gasteiger partial charge in [-0.3, -0.25) is 4.79 Å². The van der Waals surface area contributed by atoms with Crippen molar-refractivity contribution >= 4 is 17.8 Å². The van der Waals surface area contributed by atoms with Crippen LogP contribution in [0.2, 0.25) is 0 Å². The van der Waals surface area contributed by atoms with Gasteiger partial charge in [0.2, 0.25) is 0 Å². The Kier molecular flexibility index (Phi) is 5.14. The summed E-state index contributed by atoms with van der Waals surface area (Å²) in [5.41, 5.74) is 3.30. The van der Waals surface area contributed by atoms with E-state index in [0.29, 0.717) is 5.56 Å². The maximum Gasteiger partial charge on any atom is 0.265 e. The molecule has 0 unspecified atom stereocenters. The van der Waals surface area contributed by atoms with E-state index in [1.807, 2.05) is 32.0 Å². The third kappa shape index (κ3) is 4.09. The summed E-state index contributed by atoms with van der Waals surface area (Å²) in [4.78, 5) is 16.8. The first-order valence-electron chi connectivity index (χ1n) is 6.87. The number of hydrogen-bond acceptors (Lipinski definition) is 4. The molecule has 2 N–H and O–H groups in total. The minimum atomic E-state index is -0.285. The molecule has 0 saturated heterocycles. The number of carbonyl (C=O) groups is 1. The van der Waals surface area contributed by atoms with Gasteiger partial charge >= 0.3 is 0 Å². The summed E-state index contributed by atoms with van der Waals surface area (Å²) < 4.78 is 0. The van der Waals surface area contributed by atoms with E-state index in [0.717, 1.165) is 16.8 Å². The summed E-state index contributed by atoms with van der Waals surface area (Å²) in [7, 11) is 0. The number of phenolic OH excluding ortho intramolecular Hbond substituents is 1. The zero-order valence-corrected chi connectivity index (χ0v) is 12.5. The van der Waals surface area contributed by atoms with Gasteiger partial charge in [0.25, 0.3) is 5.91 Å². The van der Waals surface area contributed by atoms with Gasteiger partial charge in [-0.25, -0.2) is 0 Å². The number of oxime groups is 1. The van der Waals surface area contributed by atoms with Crippen molar-refractivity contribution in [3.8, 4) is 5.75 Å². The molecule has 2 aromatic carbocycles. The molecule has 0 aliphatic heterocycles. The Morgan fingerprint density at radius 2 is 1.86 bits per heavy atom. The van der Waals surface area contributed by atoms with Gasteiger partial charge in [-0.2, -0.15) is 0 Å². The number of aryl methyl sites for hydroxylation is 2. The highest BCUT2D eigenvalue weighted by Crippen LogP contribution is 2.19. The molecule has 2 aromatic rings. The molecule has 0 heterocycles. The molecule has 0 saturated carbocycles. The van der Waals surface area contributed by atoms with Gasteiger partial charge in [-0.1, -0.05) is 35.5 Å². The van der Waals surface area contributed by atoms with E-state index in [9.17, 15) is 9.90 Å². The number of nitrogens with zero attached hydrogens (tertiary/aromatic N) is 1. The second kappa shape index (κ2) is 7.26. The normalized spacial score (nSPS) is 10.6. The Morgan fingerprint density at radius 1 is 1.18 bits per heavy atom. The van der Waals surface area contributed by atoms with Crippen LogP contribution in [0.3, 0.4) is 0 Å². The minimum absolute atomic E-state index is 0.106. The Labute approximate surface area is 129 Å². The average molecular weight is 298 g/mol. The molecule has 0 aromatic heterocycles. The van der Waals surface area contributed by atoms with Gasteiger partial charge in [0.05, 0.1) is 6.21 Å². The molecular formula is C17H18N2O3. The first-order chi connectivity index (χ1) is 10.6. The number of aromatic hydroxyl groups is 1. The molecule has 5 nitrogen and oxygen atoms in total. The van der Waals surface area contributed by atoms with E-state index in [4.69, 9.17) is 4.84 Å². The van der Waals surface area contributed by atoms with Crippen molar-refractivity contribution in [2.24, 2.45) is 5.16 Å². The number of anilines is 1. The van der Waals surface area contributed by atoms with Crippen LogP contribution in [-0.2, 0) is 9.63 Å². The molecular weight excluding hydrogens is 280 g/mol. The van der Waals surface area contributed by atoms with Gasteiger partial charge in [0.1, 0.15) is 5.75 Å². The topological polar surface area (TPSA) is 70.9 Å². The molecule has 0 atom stereocenters. The lowest BCUT2D eigenvalue weighted by atomic mass is 10.1. The van der Waals surface area contributed by atoms with Gasteiger partial charge in [0, 0.05) is 11.3 Å². The van der Waals surface area contributed by atoms with Gasteiger partial charge in [0.15, 0.2) is 6.61 Å². The van der Waals surface area contributed by atoms with Crippen LogP contribution in [0.4, 0.5) is 5.69 Å². The Bertz CT molecular complexity index is 676. The third-order valence-electron chi connectivity index (χ3n) is 3.14. The summed E-state index contributed by atoms with van der Waals surface area (Å²) in [6, 6.07) is 12.5. The number of benzene rings is 2. The lowest BCUT2D eigenvalue weighted by Crippen LogP contribution is -2.18. The highest BCUT2D eigenvalue weighted by molar-refractivity contribution is 5.93. The number of amides is 1. The van der Waals surface area contributed by atoms with E-state index >= 15 is 0 Å². The maximum absolute atomic E-state index is 11.8. The van der Waals surface area contributed by atoms with Crippen LogP contribution in [0, 0.1) is 13.8 Å². The molecule has 0 spiro atoms. The van der Waals surface area contributed by atoms with Gasteiger partial charge in [-0.05, 0) is 37.1 Å². The van der Waals surface area contributed by atoms with E-state index in [1.165, 1.54) is 6.21 Å². The fourth-order valence-corrected chi connectivity index (χ4v) is 1.97. The van der Waals surface area contributed by atoms with Crippen LogP contribution >= 0.6 is 0 Å². The fraction of sp³-hybridized carbons (Fsp3) is 0.176. The first-order valence-corrected chi connectivity index (χ1v) is 6.87. The summed E-state index contributed by atoms with van der Waals surface area (Å²) in [5.74, 6) is -0.179. The van der Waals surface area contributed by atoms with E-state index in [2.05, 4.69) is 10.5 Å². The monoisotopic (exact) mass is 298 g/mol. The van der Waals surface area contributed by atoms with Crippen LogP contribution in [0.25, 0.3) is 0 Å². The molecule has 114 valence electrons. The van der Waals surface area contributed by atoms with Crippen molar-refractivity contribution in [1.82, 2.24) is 0 Å². The standard InChI is InChI=1S/C17H18N2O3/c1-12-6-5-7-13(2)17(12)19-16(21)11-22-18-10-14-8-3-4-9-15(14)20/h3-10,20H,11H2,1-2H3,(H,19,21)/b18-10-. The van der Waals surface area contributed by atoms with Crippen molar-refractivity contribution in [3.63, 3.8) is 0 Å². The Hall–Kier alpha value is -2.82. The third-order valence-corrected chi connectivity index (χ3v) is 3.14. The van der Waals surface area contributed by atoms with Crippen molar-refractivity contribution < 1.29 is 14.7 Å². The molecule has 0 radical (unpaired) electrons. The summed E-state index contributed by atoms with van der Waals surface area (Å²) in [6.07, 6.45) is 1.36. The Morgan fingerprint density at radius 3 is 2.55 bits per heavy atom. The van der Waals surface area contributed by atoms with Crippen LogP contribution in [0.15, 0.2) is 47.6 Å². The number of para-hydroxylation sites is 2. The maximum atomic E-state index is 11.8. The second-order valence-corrected chi connectivity index (χ2v) is 4.88. The highest BCUT2D eigenvalue weighted by atomic mass is 16.6. The van der Waals surface area contributed by atoms with Crippen molar-refractivity contribution in [1.29, 1.82) is 0 Å². The van der Waals surface area contributed by atoms with Gasteiger partial charge in [-0.15, -0.1) is 0 Å². The number of carbonyl (C=O) groups excluding carboxylic acids is 1. The second-order valence-electron chi connectivity index (χ2n) is 4.88. The number of phenols is 1. The summed E-state index contributed by atoms with van der Waals surface area (Å²) in [5, 5.41) is 16.0. The lowest BCUT2D eigenvalue weighted by Gasteiger charge is -2.10. The van der Waals surface area contributed by atoms with E-state index < -0.39 is 0 Å². The molecule has 0 fully saturated rings. The van der Waals surface area contributed by atoms with Crippen molar-refractivity contribution in [2.75, 3.05) is 11.9 Å². The zero-order chi connectivity index (χ0) is 15.9. The summed E-state index contributed by atoms with van der Waals surface area (Å²) >= 11 is 0. The lowest BCUT2D eigenvalue weighted by molar-refractivity contribution is -0.120. The largest absolute Gasteiger partial charge is 0.507 e. The summed E-state index contributed by atoms with van der Waals surface area (Å²) in [6.45, 7) is 3.66. The number of rotatable bonds is 5. The quantitative estimate of drug-likeness (QED) is 0.658. The van der Waals surface area contributed by atoms with E-state index in [-0.39, 0.29) is 18.3 Å². The molecule has 5 heteroatoms. The smallest absolute Gasteiger partial charge is 0.265 e. The predicted octanol–water partition coefficient (Wildman–Crippen LogP) is 3.00. The SMILES string of the molecule is Cc1cccc(C)c1NC(=O)CO/N=C\c1ccccc1O. The number of hydrogen-bond donors (Lipinski definition) is 2. The van der Waals surface area contributed by atoms with Crippen LogP contribution < -0.4 is 5.32 Å². The molecule has 0 bridgehead atoms. The van der Waals surface area contributed by atoms with Gasteiger partial charge < -0.3 is 15.3 Å². The van der Waals surface area contributed by atoms with Crippen molar-refractivity contribution in [2.45, 2.75) is 13.8 Å². The first kappa shape index (κ1) is 15.6.